The number of benzene rings is 3. The molecule has 0 radical (unpaired) electrons. The van der Waals surface area contributed by atoms with Gasteiger partial charge in [0.15, 0.2) is 0 Å². The van der Waals surface area contributed by atoms with Gasteiger partial charge in [-0.15, -0.1) is 0 Å². The predicted octanol–water partition coefficient (Wildman–Crippen LogP) is 5.10. The lowest BCUT2D eigenvalue weighted by Crippen LogP contribution is -2.42. The third kappa shape index (κ3) is 6.26. The fourth-order valence-electron chi connectivity index (χ4n) is 4.81. The molecule has 3 atom stereocenters. The van der Waals surface area contributed by atoms with Gasteiger partial charge >= 0.3 is 0 Å². The van der Waals surface area contributed by atoms with Gasteiger partial charge in [-0.05, 0) is 67.1 Å². The van der Waals surface area contributed by atoms with Gasteiger partial charge in [0.2, 0.25) is 10.0 Å². The summed E-state index contributed by atoms with van der Waals surface area (Å²) in [4.78, 5) is 26.1. The molecule has 2 N–H and O–H groups in total. The number of amides is 2. The zero-order chi connectivity index (χ0) is 26.6. The smallest absolute Gasteiger partial charge is 0.255 e. The van der Waals surface area contributed by atoms with Crippen LogP contribution in [0.1, 0.15) is 59.5 Å². The molecule has 4 rings (SSSR count). The van der Waals surface area contributed by atoms with Crippen LogP contribution < -0.4 is 10.6 Å². The van der Waals surface area contributed by atoms with Crippen LogP contribution in [0, 0.1) is 11.8 Å². The number of piperidine rings is 1. The van der Waals surface area contributed by atoms with E-state index in [1.807, 2.05) is 37.3 Å². The molecule has 3 aromatic rings. The first-order valence-corrected chi connectivity index (χ1v) is 14.0. The van der Waals surface area contributed by atoms with Crippen LogP contribution in [-0.2, 0) is 10.0 Å². The minimum absolute atomic E-state index is 0.167. The van der Waals surface area contributed by atoms with E-state index in [-0.39, 0.29) is 16.8 Å². The maximum Gasteiger partial charge on any atom is 0.255 e. The van der Waals surface area contributed by atoms with Gasteiger partial charge < -0.3 is 10.6 Å². The molecule has 8 heteroatoms. The lowest BCUT2D eigenvalue weighted by Gasteiger charge is -2.34. The Balaban J connectivity index is 1.46. The van der Waals surface area contributed by atoms with Crippen LogP contribution in [0.15, 0.2) is 83.8 Å². The number of para-hydroxylation sites is 1. The molecule has 0 aromatic heterocycles. The monoisotopic (exact) mass is 519 g/mol. The van der Waals surface area contributed by atoms with Gasteiger partial charge in [-0.25, -0.2) is 8.42 Å². The normalized spacial score (nSPS) is 19.1. The van der Waals surface area contributed by atoms with Gasteiger partial charge in [-0.1, -0.05) is 56.3 Å². The zero-order valence-corrected chi connectivity index (χ0v) is 22.2. The topological polar surface area (TPSA) is 95.6 Å². The van der Waals surface area contributed by atoms with Crippen molar-refractivity contribution in [3.8, 4) is 0 Å². The number of hydrogen-bond donors (Lipinski definition) is 2. The highest BCUT2D eigenvalue weighted by Crippen LogP contribution is 2.27. The van der Waals surface area contributed by atoms with E-state index in [9.17, 15) is 18.0 Å². The van der Waals surface area contributed by atoms with Gasteiger partial charge in [0.1, 0.15) is 0 Å². The second-order valence-electron chi connectivity index (χ2n) is 9.90. The van der Waals surface area contributed by atoms with E-state index in [0.717, 1.165) is 12.0 Å². The molecule has 1 heterocycles. The summed E-state index contributed by atoms with van der Waals surface area (Å²) in [6.07, 6.45) is 1.01. The molecule has 1 fully saturated rings. The molecule has 3 aromatic carbocycles. The van der Waals surface area contributed by atoms with Crippen molar-refractivity contribution in [2.75, 3.05) is 18.4 Å². The molecule has 1 aliphatic heterocycles. The van der Waals surface area contributed by atoms with Crippen molar-refractivity contribution in [2.24, 2.45) is 11.8 Å². The number of hydrogen-bond acceptors (Lipinski definition) is 4. The Bertz CT molecular complexity index is 1350. The Labute approximate surface area is 218 Å². The molecule has 0 aliphatic carbocycles. The molecule has 1 saturated heterocycles. The largest absolute Gasteiger partial charge is 0.345 e. The van der Waals surface area contributed by atoms with Crippen LogP contribution in [0.3, 0.4) is 0 Å². The molecule has 0 spiro atoms. The minimum Gasteiger partial charge on any atom is -0.345 e. The zero-order valence-electron chi connectivity index (χ0n) is 21.3. The van der Waals surface area contributed by atoms with Crippen molar-refractivity contribution in [1.29, 1.82) is 0 Å². The van der Waals surface area contributed by atoms with E-state index in [1.54, 1.807) is 24.3 Å². The molecule has 0 unspecified atom stereocenters. The van der Waals surface area contributed by atoms with Gasteiger partial charge in [0.25, 0.3) is 11.8 Å². The van der Waals surface area contributed by atoms with Gasteiger partial charge in [0.05, 0.1) is 22.2 Å². The van der Waals surface area contributed by atoms with Gasteiger partial charge in [-0.2, -0.15) is 4.31 Å². The van der Waals surface area contributed by atoms with Crippen molar-refractivity contribution in [1.82, 2.24) is 9.62 Å². The third-order valence-electron chi connectivity index (χ3n) is 6.66. The summed E-state index contributed by atoms with van der Waals surface area (Å²) < 4.78 is 27.8. The van der Waals surface area contributed by atoms with Crippen molar-refractivity contribution in [3.63, 3.8) is 0 Å². The van der Waals surface area contributed by atoms with Crippen molar-refractivity contribution in [3.05, 3.63) is 95.6 Å². The summed E-state index contributed by atoms with van der Waals surface area (Å²) in [6.45, 7) is 7.01. The van der Waals surface area contributed by atoms with Crippen molar-refractivity contribution < 1.29 is 18.0 Å². The number of anilines is 1. The van der Waals surface area contributed by atoms with Crippen LogP contribution >= 0.6 is 0 Å². The second kappa shape index (κ2) is 11.3. The molecule has 7 nitrogen and oxygen atoms in total. The van der Waals surface area contributed by atoms with Crippen LogP contribution in [0.2, 0.25) is 0 Å². The Morgan fingerprint density at radius 3 is 2.08 bits per heavy atom. The van der Waals surface area contributed by atoms with E-state index in [0.29, 0.717) is 41.7 Å². The fraction of sp³-hybridized carbons (Fsp3) is 0.310. The summed E-state index contributed by atoms with van der Waals surface area (Å²) in [5.74, 6) is -0.132. The Hall–Kier alpha value is -3.49. The summed E-state index contributed by atoms with van der Waals surface area (Å²) in [5, 5.41) is 5.76. The number of rotatable bonds is 7. The summed E-state index contributed by atoms with van der Waals surface area (Å²) in [6, 6.07) is 22.1. The average Bonchev–Trinajstić information content (AvgIpc) is 2.89. The fourth-order valence-corrected chi connectivity index (χ4v) is 6.49. The highest BCUT2D eigenvalue weighted by Gasteiger charge is 2.31. The quantitative estimate of drug-likeness (QED) is 0.454. The summed E-state index contributed by atoms with van der Waals surface area (Å²) in [7, 11) is -3.63. The number of carbonyl (C=O) groups excluding carboxylic acids is 2. The minimum atomic E-state index is -3.63. The molecular weight excluding hydrogens is 486 g/mol. The number of nitrogens with zero attached hydrogens (tertiary/aromatic N) is 1. The maximum atomic E-state index is 13.1. The Kier molecular flexibility index (Phi) is 8.10. The Morgan fingerprint density at radius 1 is 0.838 bits per heavy atom. The van der Waals surface area contributed by atoms with Gasteiger partial charge in [0, 0.05) is 18.7 Å². The number of carbonyl (C=O) groups is 2. The third-order valence-corrected chi connectivity index (χ3v) is 8.50. The Morgan fingerprint density at radius 2 is 1.43 bits per heavy atom. The summed E-state index contributed by atoms with van der Waals surface area (Å²) in [5.41, 5.74) is 1.98. The van der Waals surface area contributed by atoms with E-state index in [1.165, 1.54) is 28.6 Å². The van der Waals surface area contributed by atoms with E-state index in [4.69, 9.17) is 0 Å². The summed E-state index contributed by atoms with van der Waals surface area (Å²) >= 11 is 0. The molecular formula is C29H33N3O4S. The highest BCUT2D eigenvalue weighted by molar-refractivity contribution is 7.89. The number of sulfonamides is 1. The molecule has 1 aliphatic rings. The number of nitrogens with one attached hydrogen (secondary N) is 2. The highest BCUT2D eigenvalue weighted by atomic mass is 32.2. The van der Waals surface area contributed by atoms with Crippen LogP contribution in [0.5, 0.6) is 0 Å². The first-order valence-electron chi connectivity index (χ1n) is 12.5. The lowest BCUT2D eigenvalue weighted by molar-refractivity contribution is 0.0940. The van der Waals surface area contributed by atoms with Gasteiger partial charge in [-0.3, -0.25) is 9.59 Å². The molecule has 37 heavy (non-hydrogen) atoms. The van der Waals surface area contributed by atoms with Crippen molar-refractivity contribution in [2.45, 2.75) is 38.1 Å². The molecule has 2 amide bonds. The average molecular weight is 520 g/mol. The van der Waals surface area contributed by atoms with Crippen LogP contribution in [0.25, 0.3) is 0 Å². The van der Waals surface area contributed by atoms with E-state index >= 15 is 0 Å². The second-order valence-corrected chi connectivity index (χ2v) is 11.8. The first kappa shape index (κ1) is 26.6. The van der Waals surface area contributed by atoms with Crippen LogP contribution in [0.4, 0.5) is 5.69 Å². The molecule has 0 saturated carbocycles. The molecule has 194 valence electrons. The maximum absolute atomic E-state index is 13.1. The first-order chi connectivity index (χ1) is 17.6. The lowest BCUT2D eigenvalue weighted by atomic mass is 9.94. The molecule has 0 bridgehead atoms. The van der Waals surface area contributed by atoms with Crippen LogP contribution in [-0.4, -0.2) is 37.6 Å². The standard InChI is InChI=1S/C29H33N3O4S/c1-20-17-21(2)19-32(18-20)37(35,36)25-15-13-24(14-16-25)28(33)31-27-12-8-7-11-26(27)29(34)30-22(3)23-9-5-4-6-10-23/h4-16,20-22H,17-19H2,1-3H3,(H,30,34)(H,31,33)/t20-,21-,22-/m0/s1. The predicted molar refractivity (Wildman–Crippen MR) is 145 cm³/mol. The van der Waals surface area contributed by atoms with E-state index < -0.39 is 15.9 Å². The van der Waals surface area contributed by atoms with Crippen molar-refractivity contribution >= 4 is 27.5 Å². The van der Waals surface area contributed by atoms with E-state index in [2.05, 4.69) is 24.5 Å². The SMILES string of the molecule is C[C@H]1C[C@H](C)CN(S(=O)(=O)c2ccc(C(=O)Nc3ccccc3C(=O)N[C@@H](C)c3ccccc3)cc2)C1.